The SMILES string of the molecule is CN(CCO)C(=O)C1[C@H]2CN(Cc3cccc(OC(F)F)c3)C[C@@H]12. The molecule has 1 N–H and O–H groups in total. The van der Waals surface area contributed by atoms with Gasteiger partial charge >= 0.3 is 6.61 Å². The number of carbonyl (C=O) groups excluding carboxylic acids is 1. The Hall–Kier alpha value is -1.73. The van der Waals surface area contributed by atoms with Crippen molar-refractivity contribution >= 4 is 5.91 Å². The Labute approximate surface area is 139 Å². The minimum atomic E-state index is -2.82. The molecule has 132 valence electrons. The van der Waals surface area contributed by atoms with Crippen LogP contribution in [0.3, 0.4) is 0 Å². The fourth-order valence-electron chi connectivity index (χ4n) is 3.70. The fourth-order valence-corrected chi connectivity index (χ4v) is 3.70. The van der Waals surface area contributed by atoms with E-state index in [1.54, 1.807) is 24.1 Å². The summed E-state index contributed by atoms with van der Waals surface area (Å²) < 4.78 is 29.0. The van der Waals surface area contributed by atoms with E-state index in [-0.39, 0.29) is 24.2 Å². The van der Waals surface area contributed by atoms with Crippen molar-refractivity contribution in [1.29, 1.82) is 0 Å². The molecule has 0 aromatic heterocycles. The number of likely N-dealkylation sites (N-methyl/N-ethyl adjacent to an activating group) is 1. The van der Waals surface area contributed by atoms with Gasteiger partial charge < -0.3 is 14.7 Å². The number of amides is 1. The van der Waals surface area contributed by atoms with Crippen molar-refractivity contribution in [3.8, 4) is 5.75 Å². The third-order valence-corrected chi connectivity index (χ3v) is 4.90. The van der Waals surface area contributed by atoms with Gasteiger partial charge in [-0.25, -0.2) is 0 Å². The summed E-state index contributed by atoms with van der Waals surface area (Å²) in [5.74, 6) is 1.11. The molecule has 1 unspecified atom stereocenters. The van der Waals surface area contributed by atoms with E-state index in [2.05, 4.69) is 9.64 Å². The average molecular weight is 340 g/mol. The quantitative estimate of drug-likeness (QED) is 0.816. The highest BCUT2D eigenvalue weighted by molar-refractivity contribution is 5.82. The normalized spacial score (nSPS) is 25.6. The maximum absolute atomic E-state index is 12.3. The topological polar surface area (TPSA) is 53.0 Å². The third-order valence-electron chi connectivity index (χ3n) is 4.90. The number of hydrogen-bond acceptors (Lipinski definition) is 4. The number of aliphatic hydroxyl groups excluding tert-OH is 1. The van der Waals surface area contributed by atoms with Crippen LogP contribution in [0.4, 0.5) is 8.78 Å². The number of carbonyl (C=O) groups is 1. The van der Waals surface area contributed by atoms with Crippen molar-refractivity contribution < 1.29 is 23.4 Å². The number of nitrogens with zero attached hydrogens (tertiary/aromatic N) is 2. The number of aliphatic hydroxyl groups is 1. The Balaban J connectivity index is 1.50. The minimum absolute atomic E-state index is 0.0204. The lowest BCUT2D eigenvalue weighted by atomic mass is 10.2. The number of likely N-dealkylation sites (tertiary alicyclic amines) is 1. The summed E-state index contributed by atoms with van der Waals surface area (Å²) in [6, 6.07) is 6.75. The molecule has 0 bridgehead atoms. The number of piperidine rings is 1. The van der Waals surface area contributed by atoms with Crippen LogP contribution in [0.1, 0.15) is 5.56 Å². The average Bonchev–Trinajstić information content (AvgIpc) is 3.02. The summed E-state index contributed by atoms with van der Waals surface area (Å²) in [5.41, 5.74) is 0.926. The molecule has 1 heterocycles. The van der Waals surface area contributed by atoms with Crippen LogP contribution in [0.15, 0.2) is 24.3 Å². The first kappa shape index (κ1) is 17.1. The highest BCUT2D eigenvalue weighted by Crippen LogP contribution is 2.52. The maximum Gasteiger partial charge on any atom is 0.387 e. The number of hydrogen-bond donors (Lipinski definition) is 1. The Morgan fingerprint density at radius 2 is 2.12 bits per heavy atom. The molecule has 2 fully saturated rings. The van der Waals surface area contributed by atoms with Crippen LogP contribution in [-0.2, 0) is 11.3 Å². The highest BCUT2D eigenvalue weighted by atomic mass is 19.3. The molecular formula is C17H22F2N2O3. The summed E-state index contributed by atoms with van der Waals surface area (Å²) in [5, 5.41) is 8.91. The molecule has 3 rings (SSSR count). The first-order valence-corrected chi connectivity index (χ1v) is 8.11. The summed E-state index contributed by atoms with van der Waals surface area (Å²) in [4.78, 5) is 16.1. The van der Waals surface area contributed by atoms with Gasteiger partial charge in [0.15, 0.2) is 0 Å². The molecule has 1 aliphatic carbocycles. The van der Waals surface area contributed by atoms with Crippen molar-refractivity contribution in [3.63, 3.8) is 0 Å². The summed E-state index contributed by atoms with van der Waals surface area (Å²) in [7, 11) is 1.72. The van der Waals surface area contributed by atoms with Crippen LogP contribution >= 0.6 is 0 Å². The van der Waals surface area contributed by atoms with Gasteiger partial charge in [0.25, 0.3) is 0 Å². The van der Waals surface area contributed by atoms with Crippen LogP contribution in [-0.4, -0.2) is 60.7 Å². The zero-order valence-electron chi connectivity index (χ0n) is 13.6. The molecule has 0 spiro atoms. The van der Waals surface area contributed by atoms with Gasteiger partial charge in [0.05, 0.1) is 6.61 Å². The van der Waals surface area contributed by atoms with Crippen molar-refractivity contribution in [3.05, 3.63) is 29.8 Å². The Morgan fingerprint density at radius 3 is 2.75 bits per heavy atom. The first-order valence-electron chi connectivity index (χ1n) is 8.11. The van der Waals surface area contributed by atoms with Gasteiger partial charge in [-0.15, -0.1) is 0 Å². The first-order chi connectivity index (χ1) is 11.5. The van der Waals surface area contributed by atoms with E-state index in [1.807, 2.05) is 6.07 Å². The lowest BCUT2D eigenvalue weighted by Crippen LogP contribution is -2.34. The molecule has 1 aromatic carbocycles. The fraction of sp³-hybridized carbons (Fsp3) is 0.588. The molecule has 24 heavy (non-hydrogen) atoms. The Morgan fingerprint density at radius 1 is 1.42 bits per heavy atom. The zero-order valence-corrected chi connectivity index (χ0v) is 13.6. The van der Waals surface area contributed by atoms with E-state index in [0.29, 0.717) is 24.9 Å². The number of rotatable bonds is 7. The maximum atomic E-state index is 12.3. The second-order valence-electron chi connectivity index (χ2n) is 6.56. The molecule has 0 radical (unpaired) electrons. The van der Waals surface area contributed by atoms with E-state index < -0.39 is 6.61 Å². The van der Waals surface area contributed by atoms with Gasteiger partial charge in [-0.05, 0) is 29.5 Å². The molecule has 5 nitrogen and oxygen atoms in total. The molecule has 7 heteroatoms. The Bertz CT molecular complexity index is 587. The molecular weight excluding hydrogens is 318 g/mol. The van der Waals surface area contributed by atoms with Crippen LogP contribution in [0.25, 0.3) is 0 Å². The lowest BCUT2D eigenvalue weighted by Gasteiger charge is -2.22. The van der Waals surface area contributed by atoms with Crippen LogP contribution in [0.5, 0.6) is 5.75 Å². The van der Waals surface area contributed by atoms with Gasteiger partial charge in [-0.2, -0.15) is 8.78 Å². The van der Waals surface area contributed by atoms with Crippen LogP contribution in [0.2, 0.25) is 0 Å². The molecule has 1 saturated carbocycles. The summed E-state index contributed by atoms with van der Waals surface area (Å²) in [6.45, 7) is -0.117. The molecule has 1 saturated heterocycles. The molecule has 1 amide bonds. The lowest BCUT2D eigenvalue weighted by molar-refractivity contribution is -0.132. The van der Waals surface area contributed by atoms with Crippen molar-refractivity contribution in [2.24, 2.45) is 17.8 Å². The standard InChI is InChI=1S/C17H22F2N2O3/c1-20(5-6-22)16(23)15-13-9-21(10-14(13)15)8-11-3-2-4-12(7-11)24-17(18)19/h2-4,7,13-15,17,22H,5-6,8-10H2,1H3/t13-,14+,15?. The van der Waals surface area contributed by atoms with Crippen LogP contribution < -0.4 is 4.74 Å². The van der Waals surface area contributed by atoms with Gasteiger partial charge in [-0.3, -0.25) is 9.69 Å². The third kappa shape index (κ3) is 3.67. The largest absolute Gasteiger partial charge is 0.435 e. The van der Waals surface area contributed by atoms with Gasteiger partial charge in [0.2, 0.25) is 5.91 Å². The van der Waals surface area contributed by atoms with Crippen LogP contribution in [0, 0.1) is 17.8 Å². The second-order valence-corrected chi connectivity index (χ2v) is 6.56. The number of fused-ring (bicyclic) bond motifs is 1. The van der Waals surface area contributed by atoms with E-state index in [9.17, 15) is 13.6 Å². The smallest absolute Gasteiger partial charge is 0.387 e. The molecule has 3 atom stereocenters. The summed E-state index contributed by atoms with van der Waals surface area (Å²) >= 11 is 0. The van der Waals surface area contributed by atoms with Crippen molar-refractivity contribution in [2.75, 3.05) is 33.3 Å². The van der Waals surface area contributed by atoms with E-state index >= 15 is 0 Å². The second kappa shape index (κ2) is 7.03. The number of alkyl halides is 2. The predicted molar refractivity (Wildman–Crippen MR) is 83.5 cm³/mol. The molecule has 2 aliphatic rings. The van der Waals surface area contributed by atoms with E-state index in [1.165, 1.54) is 6.07 Å². The van der Waals surface area contributed by atoms with Crippen molar-refractivity contribution in [1.82, 2.24) is 9.80 Å². The molecule has 1 aliphatic heterocycles. The Kier molecular flexibility index (Phi) is 5.01. The minimum Gasteiger partial charge on any atom is -0.435 e. The highest BCUT2D eigenvalue weighted by Gasteiger charge is 2.59. The number of benzene rings is 1. The van der Waals surface area contributed by atoms with Crippen molar-refractivity contribution in [2.45, 2.75) is 13.2 Å². The van der Waals surface area contributed by atoms with Gasteiger partial charge in [0, 0.05) is 39.1 Å². The molecule has 1 aromatic rings. The van der Waals surface area contributed by atoms with Gasteiger partial charge in [-0.1, -0.05) is 12.1 Å². The van der Waals surface area contributed by atoms with E-state index in [0.717, 1.165) is 18.7 Å². The van der Waals surface area contributed by atoms with Gasteiger partial charge in [0.1, 0.15) is 5.75 Å². The number of ether oxygens (including phenoxy) is 1. The zero-order chi connectivity index (χ0) is 17.3. The van der Waals surface area contributed by atoms with E-state index in [4.69, 9.17) is 5.11 Å². The predicted octanol–water partition coefficient (Wildman–Crippen LogP) is 1.42. The number of halogens is 2. The monoisotopic (exact) mass is 340 g/mol. The summed E-state index contributed by atoms with van der Waals surface area (Å²) in [6.07, 6.45) is 0.